The molecule has 0 fully saturated rings. The van der Waals surface area contributed by atoms with Crippen LogP contribution in [0.25, 0.3) is 0 Å². The molecule has 0 saturated carbocycles. The Morgan fingerprint density at radius 3 is 2.53 bits per heavy atom. The lowest BCUT2D eigenvalue weighted by atomic mass is 10.3. The summed E-state index contributed by atoms with van der Waals surface area (Å²) in [6.45, 7) is 3.58. The number of ether oxygens (including phenoxy) is 2. The molecule has 1 aromatic rings. The predicted molar refractivity (Wildman–Crippen MR) is 73.9 cm³/mol. The van der Waals surface area contributed by atoms with Gasteiger partial charge in [-0.15, -0.1) is 0 Å². The van der Waals surface area contributed by atoms with Gasteiger partial charge in [-0.2, -0.15) is 0 Å². The van der Waals surface area contributed by atoms with Crippen molar-refractivity contribution in [1.29, 1.82) is 0 Å². The minimum absolute atomic E-state index is 0.231. The number of carbonyl (C=O) groups excluding carboxylic acids is 2. The van der Waals surface area contributed by atoms with Gasteiger partial charge >= 0.3 is 5.97 Å². The molecule has 19 heavy (non-hydrogen) atoms. The van der Waals surface area contributed by atoms with Crippen molar-refractivity contribution in [3.05, 3.63) is 28.7 Å². The Labute approximate surface area is 120 Å². The fourth-order valence-electron chi connectivity index (χ4n) is 1.28. The number of carbonyl (C=O) groups is 2. The number of esters is 1. The predicted octanol–water partition coefficient (Wildman–Crippen LogP) is 1.90. The molecule has 1 atom stereocenters. The van der Waals surface area contributed by atoms with Gasteiger partial charge < -0.3 is 14.8 Å². The highest BCUT2D eigenvalue weighted by Crippen LogP contribution is 2.15. The minimum Gasteiger partial charge on any atom is -0.482 e. The molecule has 1 aromatic carbocycles. The second-order valence-corrected chi connectivity index (χ2v) is 4.68. The third-order valence-corrected chi connectivity index (χ3v) is 2.73. The lowest BCUT2D eigenvalue weighted by Crippen LogP contribution is -2.36. The molecule has 5 nitrogen and oxygen atoms in total. The summed E-state index contributed by atoms with van der Waals surface area (Å²) in [6.07, 6.45) is -0.819. The van der Waals surface area contributed by atoms with Crippen molar-refractivity contribution in [3.63, 3.8) is 0 Å². The number of amides is 1. The minimum atomic E-state index is -0.819. The van der Waals surface area contributed by atoms with E-state index in [1.165, 1.54) is 6.92 Å². The largest absolute Gasteiger partial charge is 0.482 e. The monoisotopic (exact) mass is 329 g/mol. The van der Waals surface area contributed by atoms with E-state index in [4.69, 9.17) is 9.47 Å². The molecule has 1 N–H and O–H groups in total. The van der Waals surface area contributed by atoms with Gasteiger partial charge in [0, 0.05) is 11.0 Å². The average Bonchev–Trinajstić information content (AvgIpc) is 2.38. The van der Waals surface area contributed by atoms with E-state index in [0.717, 1.165) is 4.47 Å². The van der Waals surface area contributed by atoms with Gasteiger partial charge in [0.2, 0.25) is 0 Å². The van der Waals surface area contributed by atoms with Gasteiger partial charge in [-0.05, 0) is 38.1 Å². The maximum atomic E-state index is 11.5. The van der Waals surface area contributed by atoms with Crippen molar-refractivity contribution in [2.24, 2.45) is 0 Å². The number of rotatable bonds is 6. The molecular formula is C13H16BrNO4. The van der Waals surface area contributed by atoms with E-state index < -0.39 is 12.1 Å². The molecule has 6 heteroatoms. The highest BCUT2D eigenvalue weighted by molar-refractivity contribution is 9.10. The van der Waals surface area contributed by atoms with Crippen LogP contribution in [0.2, 0.25) is 0 Å². The highest BCUT2D eigenvalue weighted by Gasteiger charge is 2.17. The summed E-state index contributed by atoms with van der Waals surface area (Å²) in [4.78, 5) is 22.8. The fraction of sp³-hybridized carbons (Fsp3) is 0.385. The third-order valence-electron chi connectivity index (χ3n) is 2.20. The standard InChI is InChI=1S/C13H16BrNO4/c1-3-15-13(17)9(2)19-12(16)8-18-11-6-4-10(14)5-7-11/h4-7,9H,3,8H2,1-2H3,(H,15,17)/t9-/m1/s1. The molecule has 0 saturated heterocycles. The second kappa shape index (κ2) is 7.78. The zero-order valence-corrected chi connectivity index (χ0v) is 12.4. The van der Waals surface area contributed by atoms with Gasteiger partial charge in [0.05, 0.1) is 0 Å². The maximum Gasteiger partial charge on any atom is 0.344 e. The topological polar surface area (TPSA) is 64.6 Å². The second-order valence-electron chi connectivity index (χ2n) is 3.77. The smallest absolute Gasteiger partial charge is 0.344 e. The van der Waals surface area contributed by atoms with E-state index in [1.54, 1.807) is 31.2 Å². The lowest BCUT2D eigenvalue weighted by Gasteiger charge is -2.13. The summed E-state index contributed by atoms with van der Waals surface area (Å²) in [6, 6.07) is 7.06. The molecule has 0 heterocycles. The lowest BCUT2D eigenvalue weighted by molar-refractivity contribution is -0.156. The van der Waals surface area contributed by atoms with Gasteiger partial charge in [-0.1, -0.05) is 15.9 Å². The molecule has 1 amide bonds. The summed E-state index contributed by atoms with van der Waals surface area (Å²) >= 11 is 3.30. The van der Waals surface area contributed by atoms with Crippen LogP contribution in [-0.2, 0) is 14.3 Å². The van der Waals surface area contributed by atoms with E-state index in [1.807, 2.05) is 0 Å². The van der Waals surface area contributed by atoms with Crippen LogP contribution < -0.4 is 10.1 Å². The van der Waals surface area contributed by atoms with E-state index in [-0.39, 0.29) is 12.5 Å². The SMILES string of the molecule is CCNC(=O)[C@@H](C)OC(=O)COc1ccc(Br)cc1. The van der Waals surface area contributed by atoms with Gasteiger partial charge in [0.15, 0.2) is 12.7 Å². The Morgan fingerprint density at radius 1 is 1.32 bits per heavy atom. The molecule has 0 radical (unpaired) electrons. The number of hydrogen-bond acceptors (Lipinski definition) is 4. The van der Waals surface area contributed by atoms with Crippen LogP contribution in [-0.4, -0.2) is 31.1 Å². The van der Waals surface area contributed by atoms with Crippen LogP contribution in [0, 0.1) is 0 Å². The Kier molecular flexibility index (Phi) is 6.35. The molecule has 1 rings (SSSR count). The molecule has 0 aromatic heterocycles. The van der Waals surface area contributed by atoms with E-state index in [2.05, 4.69) is 21.2 Å². The maximum absolute atomic E-state index is 11.5. The third kappa shape index (κ3) is 5.74. The van der Waals surface area contributed by atoms with Crippen molar-refractivity contribution in [2.75, 3.05) is 13.2 Å². The molecule has 0 aliphatic heterocycles. The normalized spacial score (nSPS) is 11.5. The van der Waals surface area contributed by atoms with Crippen LogP contribution >= 0.6 is 15.9 Å². The molecule has 0 bridgehead atoms. The molecular weight excluding hydrogens is 314 g/mol. The van der Waals surface area contributed by atoms with Gasteiger partial charge in [-0.25, -0.2) is 4.79 Å². The van der Waals surface area contributed by atoms with Gasteiger partial charge in [-0.3, -0.25) is 4.79 Å². The van der Waals surface area contributed by atoms with E-state index in [0.29, 0.717) is 12.3 Å². The van der Waals surface area contributed by atoms with Crippen LogP contribution in [0.3, 0.4) is 0 Å². The van der Waals surface area contributed by atoms with Gasteiger partial charge in [0.1, 0.15) is 5.75 Å². The van der Waals surface area contributed by atoms with Crippen molar-refractivity contribution in [2.45, 2.75) is 20.0 Å². The zero-order valence-electron chi connectivity index (χ0n) is 10.8. The van der Waals surface area contributed by atoms with Crippen LogP contribution in [0.4, 0.5) is 0 Å². The van der Waals surface area contributed by atoms with Crippen LogP contribution in [0.15, 0.2) is 28.7 Å². The molecule has 0 spiro atoms. The van der Waals surface area contributed by atoms with Crippen LogP contribution in [0.1, 0.15) is 13.8 Å². The number of benzene rings is 1. The summed E-state index contributed by atoms with van der Waals surface area (Å²) in [5, 5.41) is 2.57. The first-order chi connectivity index (χ1) is 9.02. The number of nitrogens with one attached hydrogen (secondary N) is 1. The summed E-state index contributed by atoms with van der Waals surface area (Å²) in [5.74, 6) is -0.341. The summed E-state index contributed by atoms with van der Waals surface area (Å²) < 4.78 is 11.1. The Balaban J connectivity index is 2.35. The van der Waals surface area contributed by atoms with E-state index >= 15 is 0 Å². The Hall–Kier alpha value is -1.56. The number of hydrogen-bond donors (Lipinski definition) is 1. The Bertz CT molecular complexity index is 433. The first kappa shape index (κ1) is 15.5. The summed E-state index contributed by atoms with van der Waals surface area (Å²) in [5.41, 5.74) is 0. The molecule has 104 valence electrons. The first-order valence-corrected chi connectivity index (χ1v) is 6.67. The molecule has 0 unspecified atom stereocenters. The number of likely N-dealkylation sites (N-methyl/N-ethyl adjacent to an activating group) is 1. The van der Waals surface area contributed by atoms with Crippen LogP contribution in [0.5, 0.6) is 5.75 Å². The van der Waals surface area contributed by atoms with Crippen molar-refractivity contribution < 1.29 is 19.1 Å². The first-order valence-electron chi connectivity index (χ1n) is 5.88. The van der Waals surface area contributed by atoms with Gasteiger partial charge in [0.25, 0.3) is 5.91 Å². The summed E-state index contributed by atoms with van der Waals surface area (Å²) in [7, 11) is 0. The number of halogens is 1. The quantitative estimate of drug-likeness (QED) is 0.809. The Morgan fingerprint density at radius 2 is 1.95 bits per heavy atom. The van der Waals surface area contributed by atoms with Crippen molar-refractivity contribution >= 4 is 27.8 Å². The molecule has 0 aliphatic rings. The zero-order chi connectivity index (χ0) is 14.3. The molecule has 0 aliphatic carbocycles. The fourth-order valence-corrected chi connectivity index (χ4v) is 1.54. The highest BCUT2D eigenvalue weighted by atomic mass is 79.9. The van der Waals surface area contributed by atoms with E-state index in [9.17, 15) is 9.59 Å². The average molecular weight is 330 g/mol. The van der Waals surface area contributed by atoms with Crippen molar-refractivity contribution in [3.8, 4) is 5.75 Å². The van der Waals surface area contributed by atoms with Crippen molar-refractivity contribution in [1.82, 2.24) is 5.32 Å².